The molecule has 0 bridgehead atoms. The van der Waals surface area contributed by atoms with Crippen LogP contribution in [-0.4, -0.2) is 28.5 Å². The number of nitrogens with one attached hydrogen (secondary N) is 3. The molecule has 27 heavy (non-hydrogen) atoms. The molecule has 8 heteroatoms. The Bertz CT molecular complexity index is 899. The summed E-state index contributed by atoms with van der Waals surface area (Å²) in [5.41, 5.74) is 2.43. The van der Waals surface area contributed by atoms with E-state index in [0.29, 0.717) is 10.7 Å². The second-order valence-electron chi connectivity index (χ2n) is 6.09. The minimum absolute atomic E-state index is 0.523. The van der Waals surface area contributed by atoms with Gasteiger partial charge in [0.2, 0.25) is 0 Å². The summed E-state index contributed by atoms with van der Waals surface area (Å²) in [6.45, 7) is 1.57. The smallest absolute Gasteiger partial charge is 0.318 e. The molecule has 1 atom stereocenters. The molecule has 2 aromatic rings. The molecular formula is C19H17BrN4O3. The van der Waals surface area contributed by atoms with Crippen molar-refractivity contribution in [2.45, 2.75) is 12.5 Å². The molecule has 0 aliphatic carbocycles. The predicted octanol–water partition coefficient (Wildman–Crippen LogP) is 3.51. The number of hydrogen-bond acceptors (Lipinski definition) is 3. The molecule has 5 amide bonds. The van der Waals surface area contributed by atoms with Crippen LogP contribution in [0.3, 0.4) is 0 Å². The lowest BCUT2D eigenvalue weighted by Gasteiger charge is -2.18. The summed E-state index contributed by atoms with van der Waals surface area (Å²) in [5.74, 6) is -0.578. The van der Waals surface area contributed by atoms with Gasteiger partial charge in [-0.15, -0.1) is 0 Å². The fraction of sp³-hybridized carbons (Fsp3) is 0.105. The normalized spacial score (nSPS) is 19.3. The monoisotopic (exact) mass is 428 g/mol. The Labute approximate surface area is 164 Å². The third kappa shape index (κ3) is 4.35. The maximum absolute atomic E-state index is 12.6. The van der Waals surface area contributed by atoms with Gasteiger partial charge in [0.1, 0.15) is 5.54 Å². The molecule has 0 radical (unpaired) electrons. The number of nitrogens with zero attached hydrogens (tertiary/aromatic N) is 1. The van der Waals surface area contributed by atoms with E-state index in [1.807, 2.05) is 30.3 Å². The Morgan fingerprint density at radius 3 is 2.44 bits per heavy atom. The van der Waals surface area contributed by atoms with Gasteiger partial charge < -0.3 is 10.6 Å². The molecule has 1 heterocycles. The van der Waals surface area contributed by atoms with Crippen LogP contribution in [0.1, 0.15) is 12.5 Å². The number of benzene rings is 2. The summed E-state index contributed by atoms with van der Waals surface area (Å²) in [5, 5.41) is 5.81. The average molecular weight is 429 g/mol. The van der Waals surface area contributed by atoms with Gasteiger partial charge in [0, 0.05) is 10.2 Å². The molecule has 1 aliphatic rings. The largest absolute Gasteiger partial charge is 0.344 e. The molecule has 3 N–H and O–H groups in total. The van der Waals surface area contributed by atoms with Gasteiger partial charge in [0.05, 0.1) is 0 Å². The number of imide groups is 1. The fourth-order valence-corrected chi connectivity index (χ4v) is 2.76. The van der Waals surface area contributed by atoms with Crippen molar-refractivity contribution in [1.82, 2.24) is 15.8 Å². The van der Waals surface area contributed by atoms with Crippen molar-refractivity contribution in [2.24, 2.45) is 0 Å². The van der Waals surface area contributed by atoms with Crippen LogP contribution in [0.25, 0.3) is 6.08 Å². The summed E-state index contributed by atoms with van der Waals surface area (Å²) < 4.78 is 0.864. The lowest BCUT2D eigenvalue weighted by Crippen LogP contribution is -2.49. The predicted molar refractivity (Wildman–Crippen MR) is 106 cm³/mol. The zero-order valence-electron chi connectivity index (χ0n) is 14.4. The molecule has 3 rings (SSSR count). The molecule has 1 saturated heterocycles. The van der Waals surface area contributed by atoms with Crippen LogP contribution in [-0.2, 0) is 4.79 Å². The Morgan fingerprint density at radius 1 is 1.11 bits per heavy atom. The highest BCUT2D eigenvalue weighted by atomic mass is 79.9. The van der Waals surface area contributed by atoms with E-state index >= 15 is 0 Å². The maximum Gasteiger partial charge on any atom is 0.344 e. The molecule has 0 spiro atoms. The first-order valence-corrected chi connectivity index (χ1v) is 8.91. The second-order valence-corrected chi connectivity index (χ2v) is 7.01. The Hall–Kier alpha value is -3.13. The van der Waals surface area contributed by atoms with Crippen molar-refractivity contribution in [3.05, 3.63) is 70.7 Å². The number of urea groups is 2. The first-order valence-electron chi connectivity index (χ1n) is 8.11. The molecule has 7 nitrogen and oxygen atoms in total. The Kier molecular flexibility index (Phi) is 5.27. The van der Waals surface area contributed by atoms with Crippen LogP contribution < -0.4 is 16.1 Å². The molecule has 2 aromatic carbocycles. The van der Waals surface area contributed by atoms with Crippen LogP contribution in [0.4, 0.5) is 15.3 Å². The van der Waals surface area contributed by atoms with Gasteiger partial charge in [0.15, 0.2) is 0 Å². The average Bonchev–Trinajstić information content (AvgIpc) is 2.86. The van der Waals surface area contributed by atoms with Crippen molar-refractivity contribution in [2.75, 3.05) is 5.32 Å². The lowest BCUT2D eigenvalue weighted by atomic mass is 10.0. The number of hydrazine groups is 1. The van der Waals surface area contributed by atoms with Gasteiger partial charge in [-0.1, -0.05) is 52.3 Å². The van der Waals surface area contributed by atoms with E-state index in [-0.39, 0.29) is 0 Å². The quantitative estimate of drug-likeness (QED) is 0.650. The third-order valence-electron chi connectivity index (χ3n) is 3.94. The van der Waals surface area contributed by atoms with E-state index in [2.05, 4.69) is 32.0 Å². The third-order valence-corrected chi connectivity index (χ3v) is 4.47. The molecule has 0 saturated carbocycles. The van der Waals surface area contributed by atoms with Gasteiger partial charge >= 0.3 is 12.1 Å². The minimum Gasteiger partial charge on any atom is -0.318 e. The Balaban J connectivity index is 1.67. The number of rotatable bonds is 4. The van der Waals surface area contributed by atoms with Crippen LogP contribution in [0.2, 0.25) is 0 Å². The maximum atomic E-state index is 12.6. The van der Waals surface area contributed by atoms with E-state index in [1.54, 1.807) is 43.3 Å². The summed E-state index contributed by atoms with van der Waals surface area (Å²) in [7, 11) is 0. The second kappa shape index (κ2) is 7.63. The van der Waals surface area contributed by atoms with Gasteiger partial charge in [-0.2, -0.15) is 5.01 Å². The molecule has 1 fully saturated rings. The topological polar surface area (TPSA) is 90.5 Å². The number of halogens is 1. The van der Waals surface area contributed by atoms with E-state index in [4.69, 9.17) is 0 Å². The van der Waals surface area contributed by atoms with E-state index in [0.717, 1.165) is 10.0 Å². The number of anilines is 1. The summed E-state index contributed by atoms with van der Waals surface area (Å²) in [4.78, 5) is 36.9. The SMILES string of the molecule is CC1(C=Cc2ccccc2)NC(=O)N(NC(=O)Nc2ccc(Br)cc2)C1=O. The number of amides is 5. The first-order chi connectivity index (χ1) is 12.9. The minimum atomic E-state index is -1.25. The van der Waals surface area contributed by atoms with Gasteiger partial charge in [-0.05, 0) is 42.8 Å². The van der Waals surface area contributed by atoms with Crippen molar-refractivity contribution < 1.29 is 14.4 Å². The standard InChI is InChI=1S/C19H17BrN4O3/c1-19(12-11-13-5-3-2-4-6-13)16(25)24(18(27)22-19)23-17(26)21-15-9-7-14(20)8-10-15/h2-12H,1H3,(H,22,27)(H2,21,23,26). The van der Waals surface area contributed by atoms with Crippen LogP contribution >= 0.6 is 15.9 Å². The van der Waals surface area contributed by atoms with Crippen LogP contribution in [0, 0.1) is 0 Å². The molecule has 0 aromatic heterocycles. The van der Waals surface area contributed by atoms with Crippen molar-refractivity contribution >= 4 is 45.7 Å². The van der Waals surface area contributed by atoms with Crippen molar-refractivity contribution in [3.63, 3.8) is 0 Å². The molecule has 1 aliphatic heterocycles. The summed E-state index contributed by atoms with van der Waals surface area (Å²) >= 11 is 3.30. The van der Waals surface area contributed by atoms with Gasteiger partial charge in [0.25, 0.3) is 5.91 Å². The summed E-state index contributed by atoms with van der Waals surface area (Å²) in [6, 6.07) is 14.9. The van der Waals surface area contributed by atoms with E-state index < -0.39 is 23.5 Å². The van der Waals surface area contributed by atoms with Crippen molar-refractivity contribution in [1.29, 1.82) is 0 Å². The molecular weight excluding hydrogens is 412 g/mol. The number of hydrogen-bond donors (Lipinski definition) is 3. The zero-order valence-corrected chi connectivity index (χ0v) is 16.0. The molecule has 138 valence electrons. The number of carbonyl (C=O) groups is 3. The summed E-state index contributed by atoms with van der Waals surface area (Å²) in [6.07, 6.45) is 3.33. The van der Waals surface area contributed by atoms with Crippen LogP contribution in [0.15, 0.2) is 65.1 Å². The highest BCUT2D eigenvalue weighted by Gasteiger charge is 2.47. The van der Waals surface area contributed by atoms with Crippen molar-refractivity contribution in [3.8, 4) is 0 Å². The van der Waals surface area contributed by atoms with E-state index in [1.165, 1.54) is 0 Å². The van der Waals surface area contributed by atoms with Crippen LogP contribution in [0.5, 0.6) is 0 Å². The zero-order chi connectivity index (χ0) is 19.4. The fourth-order valence-electron chi connectivity index (χ4n) is 2.49. The first kappa shape index (κ1) is 18.7. The highest BCUT2D eigenvalue weighted by Crippen LogP contribution is 2.19. The van der Waals surface area contributed by atoms with Gasteiger partial charge in [-0.25, -0.2) is 15.0 Å². The lowest BCUT2D eigenvalue weighted by molar-refractivity contribution is -0.130. The van der Waals surface area contributed by atoms with E-state index in [9.17, 15) is 14.4 Å². The van der Waals surface area contributed by atoms with Gasteiger partial charge in [-0.3, -0.25) is 4.79 Å². The molecule has 1 unspecified atom stereocenters. The highest BCUT2D eigenvalue weighted by molar-refractivity contribution is 9.10. The Morgan fingerprint density at radius 2 is 1.78 bits per heavy atom. The number of carbonyl (C=O) groups excluding carboxylic acids is 3.